The number of aryl methyl sites for hydroxylation is 2. The van der Waals surface area contributed by atoms with Crippen molar-refractivity contribution in [2.24, 2.45) is 0 Å². The minimum Gasteiger partial charge on any atom is -0.445 e. The highest BCUT2D eigenvalue weighted by Gasteiger charge is 2.37. The number of anilines is 1. The number of para-hydroxylation sites is 1. The number of rotatable bonds is 6. The van der Waals surface area contributed by atoms with Gasteiger partial charge in [-0.2, -0.15) is 0 Å². The molecule has 1 unspecified atom stereocenters. The minimum atomic E-state index is -3.90. The van der Waals surface area contributed by atoms with E-state index < -0.39 is 22.2 Å². The lowest BCUT2D eigenvalue weighted by atomic mass is 10.0. The van der Waals surface area contributed by atoms with Crippen LogP contribution in [0.4, 0.5) is 10.5 Å². The fourth-order valence-electron chi connectivity index (χ4n) is 4.84. The fraction of sp³-hybridized carbons (Fsp3) is 0.219. The maximum absolute atomic E-state index is 14.0. The lowest BCUT2D eigenvalue weighted by molar-refractivity contribution is 0.0794. The number of hydrogen-bond donors (Lipinski definition) is 0. The van der Waals surface area contributed by atoms with Gasteiger partial charge >= 0.3 is 6.09 Å². The van der Waals surface area contributed by atoms with E-state index in [1.807, 2.05) is 92.7 Å². The molecule has 1 heterocycles. The Bertz CT molecular complexity index is 1540. The molecule has 0 N–H and O–H groups in total. The van der Waals surface area contributed by atoms with Crippen LogP contribution < -0.4 is 4.31 Å². The van der Waals surface area contributed by atoms with Crippen LogP contribution in [0.25, 0.3) is 0 Å². The summed E-state index contributed by atoms with van der Waals surface area (Å²) in [6.07, 6.45) is 0.00888. The number of nitrogens with zero attached hydrogens (tertiary/aromatic N) is 2. The molecule has 4 aromatic rings. The molecular formula is C32H32N2O4S. The molecule has 0 aromatic heterocycles. The molecular weight excluding hydrogens is 508 g/mol. The average molecular weight is 541 g/mol. The molecule has 39 heavy (non-hydrogen) atoms. The van der Waals surface area contributed by atoms with E-state index in [-0.39, 0.29) is 24.6 Å². The van der Waals surface area contributed by atoms with Crippen LogP contribution in [0.5, 0.6) is 0 Å². The van der Waals surface area contributed by atoms with Crippen molar-refractivity contribution in [1.82, 2.24) is 4.90 Å². The first kappa shape index (κ1) is 26.5. The standard InChI is InChI=1S/C32H32N2O4S/c1-24-12-16-26(17-13-24)20-29-22-34(39(36,37)30-18-14-25(2)15-19-30)31-11-7-6-10-28(31)21-33(29)32(35)38-23-27-8-4-3-5-9-27/h3-19,29H,20-23H2,1-2H3. The van der Waals surface area contributed by atoms with Gasteiger partial charge < -0.3 is 4.74 Å². The molecule has 4 aromatic carbocycles. The predicted molar refractivity (Wildman–Crippen MR) is 153 cm³/mol. The summed E-state index contributed by atoms with van der Waals surface area (Å²) in [7, 11) is -3.90. The second-order valence-electron chi connectivity index (χ2n) is 9.99. The minimum absolute atomic E-state index is 0.0987. The molecule has 7 heteroatoms. The van der Waals surface area contributed by atoms with Gasteiger partial charge in [0.2, 0.25) is 0 Å². The lowest BCUT2D eigenvalue weighted by Gasteiger charge is -2.32. The highest BCUT2D eigenvalue weighted by atomic mass is 32.2. The third-order valence-electron chi connectivity index (χ3n) is 7.06. The molecule has 0 aliphatic carbocycles. The van der Waals surface area contributed by atoms with Crippen molar-refractivity contribution < 1.29 is 17.9 Å². The highest BCUT2D eigenvalue weighted by Crippen LogP contribution is 2.33. The van der Waals surface area contributed by atoms with Gasteiger partial charge in [0.1, 0.15) is 6.61 Å². The van der Waals surface area contributed by atoms with Gasteiger partial charge in [0.25, 0.3) is 10.0 Å². The van der Waals surface area contributed by atoms with Crippen molar-refractivity contribution in [1.29, 1.82) is 0 Å². The number of fused-ring (bicyclic) bond motifs is 1. The number of benzene rings is 4. The third kappa shape index (κ3) is 5.99. The number of carbonyl (C=O) groups excluding carboxylic acids is 1. The van der Waals surface area contributed by atoms with Gasteiger partial charge in [0, 0.05) is 0 Å². The van der Waals surface area contributed by atoms with E-state index in [0.29, 0.717) is 12.1 Å². The molecule has 5 rings (SSSR count). The summed E-state index contributed by atoms with van der Waals surface area (Å²) >= 11 is 0. The SMILES string of the molecule is Cc1ccc(CC2CN(S(=O)(=O)c3ccc(C)cc3)c3ccccc3CN2C(=O)OCc2ccccc2)cc1. The Balaban J connectivity index is 1.53. The average Bonchev–Trinajstić information content (AvgIpc) is 3.11. The van der Waals surface area contributed by atoms with Crippen LogP contribution in [-0.2, 0) is 34.3 Å². The zero-order valence-electron chi connectivity index (χ0n) is 22.2. The Morgan fingerprint density at radius 2 is 1.41 bits per heavy atom. The van der Waals surface area contributed by atoms with Crippen LogP contribution in [0, 0.1) is 13.8 Å². The van der Waals surface area contributed by atoms with E-state index >= 15 is 0 Å². The molecule has 0 saturated heterocycles. The molecule has 0 spiro atoms. The molecule has 200 valence electrons. The van der Waals surface area contributed by atoms with Crippen molar-refractivity contribution in [3.05, 3.63) is 131 Å². The second kappa shape index (κ2) is 11.3. The summed E-state index contributed by atoms with van der Waals surface area (Å²) < 4.78 is 35.3. The third-order valence-corrected chi connectivity index (χ3v) is 8.85. The van der Waals surface area contributed by atoms with Crippen LogP contribution in [0.1, 0.15) is 27.8 Å². The first-order chi connectivity index (χ1) is 18.8. The smallest absolute Gasteiger partial charge is 0.410 e. The molecule has 0 fully saturated rings. The number of ether oxygens (including phenoxy) is 1. The Kier molecular flexibility index (Phi) is 7.70. The Morgan fingerprint density at radius 1 is 0.795 bits per heavy atom. The number of hydrogen-bond acceptors (Lipinski definition) is 4. The molecule has 1 aliphatic heterocycles. The van der Waals surface area contributed by atoms with E-state index in [0.717, 1.165) is 27.8 Å². The normalized spacial score (nSPS) is 15.4. The molecule has 0 radical (unpaired) electrons. The van der Waals surface area contributed by atoms with Crippen molar-refractivity contribution in [2.75, 3.05) is 10.8 Å². The predicted octanol–water partition coefficient (Wildman–Crippen LogP) is 6.26. The first-order valence-corrected chi connectivity index (χ1v) is 14.5. The maximum atomic E-state index is 14.0. The van der Waals surface area contributed by atoms with Gasteiger partial charge in [0.05, 0.1) is 29.7 Å². The summed E-state index contributed by atoms with van der Waals surface area (Å²) in [6, 6.07) is 31.4. The van der Waals surface area contributed by atoms with Crippen LogP contribution in [-0.4, -0.2) is 32.0 Å². The zero-order chi connectivity index (χ0) is 27.4. The van der Waals surface area contributed by atoms with Crippen LogP contribution in [0.3, 0.4) is 0 Å². The van der Waals surface area contributed by atoms with Crippen molar-refractivity contribution >= 4 is 21.8 Å². The van der Waals surface area contributed by atoms with Crippen molar-refractivity contribution in [2.45, 2.75) is 44.4 Å². The summed E-state index contributed by atoms with van der Waals surface area (Å²) in [4.78, 5) is 15.5. The largest absolute Gasteiger partial charge is 0.445 e. The first-order valence-electron chi connectivity index (χ1n) is 13.0. The van der Waals surface area contributed by atoms with Gasteiger partial charge in [-0.25, -0.2) is 13.2 Å². The molecule has 0 bridgehead atoms. The lowest BCUT2D eigenvalue weighted by Crippen LogP contribution is -2.47. The van der Waals surface area contributed by atoms with E-state index in [2.05, 4.69) is 0 Å². The van der Waals surface area contributed by atoms with Gasteiger partial charge in [-0.05, 0) is 55.2 Å². The number of sulfonamides is 1. The fourth-order valence-corrected chi connectivity index (χ4v) is 6.38. The van der Waals surface area contributed by atoms with E-state index in [1.165, 1.54) is 4.31 Å². The van der Waals surface area contributed by atoms with Crippen molar-refractivity contribution in [3.63, 3.8) is 0 Å². The van der Waals surface area contributed by atoms with E-state index in [9.17, 15) is 13.2 Å². The summed E-state index contributed by atoms with van der Waals surface area (Å²) in [5.74, 6) is 0. The number of amides is 1. The van der Waals surface area contributed by atoms with E-state index in [4.69, 9.17) is 4.74 Å². The summed E-state index contributed by atoms with van der Waals surface area (Å²) in [5, 5.41) is 0. The van der Waals surface area contributed by atoms with Crippen LogP contribution in [0.2, 0.25) is 0 Å². The summed E-state index contributed by atoms with van der Waals surface area (Å²) in [5.41, 5.74) is 5.34. The molecule has 0 saturated carbocycles. The molecule has 1 aliphatic rings. The number of carbonyl (C=O) groups is 1. The topological polar surface area (TPSA) is 66.9 Å². The molecule has 1 atom stereocenters. The Hall–Kier alpha value is -4.10. The van der Waals surface area contributed by atoms with Crippen LogP contribution >= 0.6 is 0 Å². The molecule has 6 nitrogen and oxygen atoms in total. The maximum Gasteiger partial charge on any atom is 0.410 e. The van der Waals surface area contributed by atoms with Gasteiger partial charge in [0.15, 0.2) is 0 Å². The van der Waals surface area contributed by atoms with Crippen molar-refractivity contribution in [3.8, 4) is 0 Å². The second-order valence-corrected chi connectivity index (χ2v) is 11.9. The van der Waals surface area contributed by atoms with Gasteiger partial charge in [-0.15, -0.1) is 0 Å². The van der Waals surface area contributed by atoms with E-state index in [1.54, 1.807) is 29.2 Å². The highest BCUT2D eigenvalue weighted by molar-refractivity contribution is 7.92. The van der Waals surface area contributed by atoms with Crippen LogP contribution in [0.15, 0.2) is 108 Å². The monoisotopic (exact) mass is 540 g/mol. The Morgan fingerprint density at radius 3 is 2.10 bits per heavy atom. The summed E-state index contributed by atoms with van der Waals surface area (Å²) in [6.45, 7) is 4.42. The van der Waals surface area contributed by atoms with Gasteiger partial charge in [-0.3, -0.25) is 9.21 Å². The molecule has 1 amide bonds. The van der Waals surface area contributed by atoms with Gasteiger partial charge in [-0.1, -0.05) is 96.1 Å². The zero-order valence-corrected chi connectivity index (χ0v) is 23.0. The quantitative estimate of drug-likeness (QED) is 0.289. The Labute approximate surface area is 230 Å².